The van der Waals surface area contributed by atoms with Crippen molar-refractivity contribution in [2.24, 2.45) is 5.92 Å². The highest BCUT2D eigenvalue weighted by molar-refractivity contribution is 7.80. The predicted molar refractivity (Wildman–Crippen MR) is 135 cm³/mol. The first kappa shape index (κ1) is 25.1. The van der Waals surface area contributed by atoms with E-state index in [1.165, 1.54) is 18.2 Å². The lowest BCUT2D eigenvalue weighted by Crippen LogP contribution is -2.45. The summed E-state index contributed by atoms with van der Waals surface area (Å²) in [6.45, 7) is 3.54. The SMILES string of the molecule is CC(C)C(C(=O)O)N(c1ccc2oc3cc(NC(=O)NCc4ccc(F)cc4)ccc3c2c1)S(=O)O. The van der Waals surface area contributed by atoms with Crippen molar-refractivity contribution in [3.05, 3.63) is 72.0 Å². The molecule has 1 aromatic heterocycles. The number of furan rings is 1. The van der Waals surface area contributed by atoms with Crippen molar-refractivity contribution in [2.75, 3.05) is 9.62 Å². The Morgan fingerprint density at radius 3 is 2.39 bits per heavy atom. The van der Waals surface area contributed by atoms with E-state index in [2.05, 4.69) is 10.6 Å². The third-order valence-electron chi connectivity index (χ3n) is 5.64. The number of aliphatic carboxylic acids is 1. The van der Waals surface area contributed by atoms with Crippen LogP contribution >= 0.6 is 0 Å². The highest BCUT2D eigenvalue weighted by Gasteiger charge is 2.33. The maximum absolute atomic E-state index is 13.0. The van der Waals surface area contributed by atoms with Gasteiger partial charge < -0.3 is 20.2 Å². The lowest BCUT2D eigenvalue weighted by molar-refractivity contribution is -0.139. The number of amides is 2. The molecule has 1 heterocycles. The van der Waals surface area contributed by atoms with Gasteiger partial charge in [0.05, 0.1) is 5.69 Å². The minimum Gasteiger partial charge on any atom is -0.480 e. The van der Waals surface area contributed by atoms with Crippen LogP contribution < -0.4 is 14.9 Å². The van der Waals surface area contributed by atoms with Gasteiger partial charge in [-0.2, -0.15) is 0 Å². The first-order chi connectivity index (χ1) is 17.1. The number of hydrogen-bond donors (Lipinski definition) is 4. The lowest BCUT2D eigenvalue weighted by atomic mass is 10.0. The molecule has 0 aliphatic carbocycles. The molecule has 4 aromatic rings. The number of carbonyl (C=O) groups is 2. The molecule has 0 fully saturated rings. The van der Waals surface area contributed by atoms with Gasteiger partial charge in [-0.1, -0.05) is 26.0 Å². The van der Waals surface area contributed by atoms with E-state index in [-0.39, 0.29) is 18.0 Å². The standard InChI is InChI=1S/C25H24FN3O6S/c1-14(2)23(24(30)31)29(36(33)34)18-8-10-21-20(12-18)19-9-7-17(11-22(19)35-21)28-25(32)27-13-15-3-5-16(26)6-4-15/h3-12,14,23H,13H2,1-2H3,(H,30,31)(H,33,34)(H2,27,28,32). The molecule has 0 saturated heterocycles. The van der Waals surface area contributed by atoms with E-state index < -0.39 is 35.2 Å². The van der Waals surface area contributed by atoms with Gasteiger partial charge in [0.15, 0.2) is 0 Å². The molecule has 0 radical (unpaired) electrons. The van der Waals surface area contributed by atoms with E-state index >= 15 is 0 Å². The third kappa shape index (κ3) is 5.31. The molecule has 2 unspecified atom stereocenters. The van der Waals surface area contributed by atoms with Crippen LogP contribution in [0.15, 0.2) is 65.1 Å². The normalized spacial score (nSPS) is 13.0. The molecule has 2 atom stereocenters. The van der Waals surface area contributed by atoms with E-state index in [0.29, 0.717) is 27.6 Å². The van der Waals surface area contributed by atoms with Gasteiger partial charge >= 0.3 is 12.0 Å². The molecule has 4 N–H and O–H groups in total. The maximum Gasteiger partial charge on any atom is 0.327 e. The molecule has 3 aromatic carbocycles. The van der Waals surface area contributed by atoms with Gasteiger partial charge in [0.2, 0.25) is 0 Å². The van der Waals surface area contributed by atoms with Crippen molar-refractivity contribution >= 4 is 56.6 Å². The zero-order chi connectivity index (χ0) is 26.0. The zero-order valence-corrected chi connectivity index (χ0v) is 20.2. The third-order valence-corrected chi connectivity index (χ3v) is 6.41. The molecule has 0 saturated carbocycles. The van der Waals surface area contributed by atoms with E-state index in [4.69, 9.17) is 4.42 Å². The van der Waals surface area contributed by atoms with Crippen molar-refractivity contribution in [1.82, 2.24) is 5.32 Å². The minimum atomic E-state index is -2.57. The molecule has 36 heavy (non-hydrogen) atoms. The van der Waals surface area contributed by atoms with Gasteiger partial charge in [-0.05, 0) is 53.9 Å². The van der Waals surface area contributed by atoms with Crippen LogP contribution in [-0.4, -0.2) is 31.9 Å². The average molecular weight is 514 g/mol. The highest BCUT2D eigenvalue weighted by Crippen LogP contribution is 2.34. The summed E-state index contributed by atoms with van der Waals surface area (Å²) in [5.41, 5.74) is 2.44. The van der Waals surface area contributed by atoms with Gasteiger partial charge in [-0.25, -0.2) is 18.2 Å². The number of hydrogen-bond acceptors (Lipinski definition) is 4. The summed E-state index contributed by atoms with van der Waals surface area (Å²) in [6, 6.07) is 13.9. The van der Waals surface area contributed by atoms with Gasteiger partial charge in [0.1, 0.15) is 23.0 Å². The van der Waals surface area contributed by atoms with Crippen LogP contribution in [0.5, 0.6) is 0 Å². The van der Waals surface area contributed by atoms with E-state index in [9.17, 15) is 27.8 Å². The summed E-state index contributed by atoms with van der Waals surface area (Å²) in [5, 5.41) is 16.3. The number of urea groups is 1. The fourth-order valence-electron chi connectivity index (χ4n) is 3.94. The Labute approximate surface area is 208 Å². The minimum absolute atomic E-state index is 0.220. The molecule has 0 bridgehead atoms. The van der Waals surface area contributed by atoms with Gasteiger partial charge in [-0.3, -0.25) is 8.86 Å². The average Bonchev–Trinajstić information content (AvgIpc) is 3.18. The van der Waals surface area contributed by atoms with Crippen LogP contribution in [0, 0.1) is 11.7 Å². The Morgan fingerprint density at radius 2 is 1.75 bits per heavy atom. The van der Waals surface area contributed by atoms with Gasteiger partial charge in [-0.15, -0.1) is 0 Å². The Balaban J connectivity index is 1.57. The summed E-state index contributed by atoms with van der Waals surface area (Å²) in [7, 11) is 0. The molecule has 0 aliphatic rings. The van der Waals surface area contributed by atoms with E-state index in [1.807, 2.05) is 0 Å². The molecular weight excluding hydrogens is 489 g/mol. The Kier molecular flexibility index (Phi) is 7.22. The molecule has 11 heteroatoms. The number of fused-ring (bicyclic) bond motifs is 3. The first-order valence-electron chi connectivity index (χ1n) is 11.0. The Morgan fingerprint density at radius 1 is 1.03 bits per heavy atom. The Bertz CT molecular complexity index is 1450. The molecule has 2 amide bonds. The second kappa shape index (κ2) is 10.3. The zero-order valence-electron chi connectivity index (χ0n) is 19.4. The monoisotopic (exact) mass is 513 g/mol. The number of anilines is 2. The largest absolute Gasteiger partial charge is 0.480 e. The number of carbonyl (C=O) groups excluding carboxylic acids is 1. The number of carboxylic acid groups (broad SMARTS) is 1. The summed E-state index contributed by atoms with van der Waals surface area (Å²) in [5.74, 6) is -2.00. The number of nitrogens with zero attached hydrogens (tertiary/aromatic N) is 1. The summed E-state index contributed by atoms with van der Waals surface area (Å²) in [6.07, 6.45) is 0. The molecule has 0 spiro atoms. The predicted octanol–water partition coefficient (Wildman–Crippen LogP) is 5.10. The fraction of sp³-hybridized carbons (Fsp3) is 0.200. The maximum atomic E-state index is 13.0. The topological polar surface area (TPSA) is 132 Å². The van der Waals surface area contributed by atoms with Crippen molar-refractivity contribution in [3.63, 3.8) is 0 Å². The number of nitrogens with one attached hydrogen (secondary N) is 2. The molecule has 0 aliphatic heterocycles. The van der Waals surface area contributed by atoms with Crippen LogP contribution in [0.4, 0.5) is 20.6 Å². The van der Waals surface area contributed by atoms with Crippen LogP contribution in [0.25, 0.3) is 21.9 Å². The van der Waals surface area contributed by atoms with Crippen LogP contribution in [0.1, 0.15) is 19.4 Å². The van der Waals surface area contributed by atoms with Crippen LogP contribution in [-0.2, 0) is 22.6 Å². The van der Waals surface area contributed by atoms with Crippen LogP contribution in [0.3, 0.4) is 0 Å². The number of rotatable bonds is 8. The quantitative estimate of drug-likeness (QED) is 0.242. The smallest absolute Gasteiger partial charge is 0.327 e. The summed E-state index contributed by atoms with van der Waals surface area (Å²) >= 11 is -2.57. The lowest BCUT2D eigenvalue weighted by Gasteiger charge is -2.29. The van der Waals surface area contributed by atoms with E-state index in [0.717, 1.165) is 9.87 Å². The van der Waals surface area contributed by atoms with Crippen LogP contribution in [0.2, 0.25) is 0 Å². The molecule has 188 valence electrons. The van der Waals surface area contributed by atoms with Crippen molar-refractivity contribution in [3.8, 4) is 0 Å². The first-order valence-corrected chi connectivity index (χ1v) is 12.1. The van der Waals surface area contributed by atoms with Crippen molar-refractivity contribution < 1.29 is 32.3 Å². The second-order valence-corrected chi connectivity index (χ2v) is 9.37. The second-order valence-electron chi connectivity index (χ2n) is 8.51. The molecule has 9 nitrogen and oxygen atoms in total. The molecular formula is C25H24FN3O6S. The highest BCUT2D eigenvalue weighted by atomic mass is 32.2. The Hall–Kier alpha value is -3.96. The fourth-order valence-corrected chi connectivity index (χ4v) is 4.77. The number of benzene rings is 3. The summed E-state index contributed by atoms with van der Waals surface area (Å²) < 4.78 is 41.8. The van der Waals surface area contributed by atoms with Crippen molar-refractivity contribution in [1.29, 1.82) is 0 Å². The van der Waals surface area contributed by atoms with E-state index in [1.54, 1.807) is 56.3 Å². The van der Waals surface area contributed by atoms with Crippen molar-refractivity contribution in [2.45, 2.75) is 26.4 Å². The van der Waals surface area contributed by atoms with Gasteiger partial charge in [0, 0.05) is 29.1 Å². The summed E-state index contributed by atoms with van der Waals surface area (Å²) in [4.78, 5) is 24.1. The number of halogens is 1. The number of carboxylic acids is 1. The van der Waals surface area contributed by atoms with Gasteiger partial charge in [0.25, 0.3) is 11.3 Å². The molecule has 4 rings (SSSR count).